The number of aryl methyl sites for hydroxylation is 1. The van der Waals surface area contributed by atoms with Gasteiger partial charge in [0.05, 0.1) is 11.6 Å². The average molecular weight is 200 g/mol. The van der Waals surface area contributed by atoms with Crippen molar-refractivity contribution in [2.75, 3.05) is 11.9 Å². The number of nitrogens with one attached hydrogen (secondary N) is 1. The first kappa shape index (κ1) is 10.3. The number of aromatic nitrogens is 2. The Labute approximate surface area is 83.5 Å². The first-order valence-electron chi connectivity index (χ1n) is 4.39. The van der Waals surface area contributed by atoms with Crippen molar-refractivity contribution in [3.8, 4) is 0 Å². The van der Waals surface area contributed by atoms with Gasteiger partial charge in [0.2, 0.25) is 0 Å². The molecule has 1 rings (SSSR count). The second kappa shape index (κ2) is 5.02. The van der Waals surface area contributed by atoms with Crippen molar-refractivity contribution >= 4 is 17.4 Å². The Morgan fingerprint density at radius 1 is 1.62 bits per heavy atom. The third-order valence-electron chi connectivity index (χ3n) is 1.74. The normalized spacial score (nSPS) is 12.5. The van der Waals surface area contributed by atoms with Crippen LogP contribution in [0, 0.1) is 6.92 Å². The number of rotatable bonds is 4. The quantitative estimate of drug-likeness (QED) is 0.756. The number of anilines is 1. The Hall–Kier alpha value is -0.830. The van der Waals surface area contributed by atoms with Gasteiger partial charge in [-0.3, -0.25) is 0 Å². The van der Waals surface area contributed by atoms with E-state index in [0.29, 0.717) is 0 Å². The van der Waals surface area contributed by atoms with Crippen LogP contribution in [0.25, 0.3) is 0 Å². The van der Waals surface area contributed by atoms with E-state index in [1.165, 1.54) is 0 Å². The molecular weight excluding hydrogens is 186 g/mol. The van der Waals surface area contributed by atoms with E-state index in [2.05, 4.69) is 22.4 Å². The smallest absolute Gasteiger partial charge is 0.148 e. The van der Waals surface area contributed by atoms with E-state index in [1.54, 1.807) is 6.20 Å². The van der Waals surface area contributed by atoms with E-state index < -0.39 is 0 Å². The summed E-state index contributed by atoms with van der Waals surface area (Å²) in [5.41, 5.74) is 1.10. The van der Waals surface area contributed by atoms with Crippen LogP contribution in [0.2, 0.25) is 0 Å². The largest absolute Gasteiger partial charge is 0.367 e. The summed E-state index contributed by atoms with van der Waals surface area (Å²) in [6.45, 7) is 4.77. The molecule has 0 aromatic carbocycles. The summed E-state index contributed by atoms with van der Waals surface area (Å²) in [4.78, 5) is 0. The van der Waals surface area contributed by atoms with Gasteiger partial charge >= 0.3 is 0 Å². The molecule has 1 N–H and O–H groups in total. The van der Waals surface area contributed by atoms with E-state index in [9.17, 15) is 0 Å². The third-order valence-corrected chi connectivity index (χ3v) is 2.20. The molecule has 0 aliphatic carbocycles. The van der Waals surface area contributed by atoms with Crippen LogP contribution in [0.3, 0.4) is 0 Å². The fraction of sp³-hybridized carbons (Fsp3) is 0.556. The van der Waals surface area contributed by atoms with Crippen LogP contribution >= 0.6 is 11.6 Å². The van der Waals surface area contributed by atoms with Gasteiger partial charge in [-0.25, -0.2) is 0 Å². The second-order valence-corrected chi connectivity index (χ2v) is 3.62. The van der Waals surface area contributed by atoms with Gasteiger partial charge < -0.3 is 5.32 Å². The maximum atomic E-state index is 5.94. The summed E-state index contributed by atoms with van der Waals surface area (Å²) in [6.07, 6.45) is 2.68. The number of alkyl halides is 1. The summed E-state index contributed by atoms with van der Waals surface area (Å²) >= 11 is 5.94. The molecule has 1 aromatic heterocycles. The fourth-order valence-electron chi connectivity index (χ4n) is 0.910. The van der Waals surface area contributed by atoms with Crippen LogP contribution in [0.15, 0.2) is 12.3 Å². The predicted molar refractivity (Wildman–Crippen MR) is 55.2 cm³/mol. The average Bonchev–Trinajstić information content (AvgIpc) is 2.14. The van der Waals surface area contributed by atoms with Crippen LogP contribution in [0.5, 0.6) is 0 Å². The van der Waals surface area contributed by atoms with Crippen LogP contribution in [-0.2, 0) is 0 Å². The molecule has 1 heterocycles. The molecule has 0 radical (unpaired) electrons. The van der Waals surface area contributed by atoms with Crippen molar-refractivity contribution in [3.63, 3.8) is 0 Å². The van der Waals surface area contributed by atoms with Gasteiger partial charge in [-0.05, 0) is 25.0 Å². The van der Waals surface area contributed by atoms with E-state index in [1.807, 2.05) is 13.0 Å². The molecule has 0 amide bonds. The van der Waals surface area contributed by atoms with Crippen molar-refractivity contribution in [2.24, 2.45) is 0 Å². The Morgan fingerprint density at radius 3 is 3.00 bits per heavy atom. The summed E-state index contributed by atoms with van der Waals surface area (Å²) in [5.74, 6) is 0.791. The molecule has 0 fully saturated rings. The van der Waals surface area contributed by atoms with Gasteiger partial charge in [0.1, 0.15) is 5.82 Å². The minimum absolute atomic E-state index is 0.155. The Balaban J connectivity index is 2.45. The van der Waals surface area contributed by atoms with E-state index >= 15 is 0 Å². The molecule has 0 spiro atoms. The maximum Gasteiger partial charge on any atom is 0.148 e. The van der Waals surface area contributed by atoms with Crippen LogP contribution in [0.1, 0.15) is 18.9 Å². The molecule has 72 valence electrons. The van der Waals surface area contributed by atoms with Gasteiger partial charge in [0.15, 0.2) is 0 Å². The zero-order chi connectivity index (χ0) is 9.68. The minimum atomic E-state index is 0.155. The van der Waals surface area contributed by atoms with Crippen molar-refractivity contribution in [1.29, 1.82) is 0 Å². The highest BCUT2D eigenvalue weighted by Gasteiger charge is 2.01. The first-order valence-corrected chi connectivity index (χ1v) is 4.83. The molecular formula is C9H14ClN3. The van der Waals surface area contributed by atoms with Crippen molar-refractivity contribution in [3.05, 3.63) is 17.8 Å². The molecule has 0 aliphatic rings. The fourth-order valence-corrected chi connectivity index (χ4v) is 0.987. The van der Waals surface area contributed by atoms with Crippen LogP contribution in [0.4, 0.5) is 5.82 Å². The SMILES string of the molecule is CCC(Cl)CNc1cc(C)cnn1. The van der Waals surface area contributed by atoms with Crippen molar-refractivity contribution < 1.29 is 0 Å². The lowest BCUT2D eigenvalue weighted by Crippen LogP contribution is -2.14. The van der Waals surface area contributed by atoms with E-state index in [0.717, 1.165) is 24.3 Å². The summed E-state index contributed by atoms with van der Waals surface area (Å²) in [7, 11) is 0. The number of hydrogen-bond acceptors (Lipinski definition) is 3. The monoisotopic (exact) mass is 199 g/mol. The predicted octanol–water partition coefficient (Wildman–Crippen LogP) is 2.21. The number of hydrogen-bond donors (Lipinski definition) is 1. The molecule has 1 atom stereocenters. The molecule has 3 nitrogen and oxygen atoms in total. The molecule has 0 saturated heterocycles. The molecule has 13 heavy (non-hydrogen) atoms. The lowest BCUT2D eigenvalue weighted by Gasteiger charge is -2.08. The maximum absolute atomic E-state index is 5.94. The molecule has 0 aliphatic heterocycles. The summed E-state index contributed by atoms with van der Waals surface area (Å²) < 4.78 is 0. The Bertz CT molecular complexity index is 265. The van der Waals surface area contributed by atoms with Crippen LogP contribution in [-0.4, -0.2) is 22.1 Å². The highest BCUT2D eigenvalue weighted by atomic mass is 35.5. The van der Waals surface area contributed by atoms with Crippen molar-refractivity contribution in [1.82, 2.24) is 10.2 Å². The molecule has 1 aromatic rings. The lowest BCUT2D eigenvalue weighted by molar-refractivity contribution is 0.835. The van der Waals surface area contributed by atoms with Gasteiger partial charge in [0.25, 0.3) is 0 Å². The number of nitrogens with zero attached hydrogens (tertiary/aromatic N) is 2. The Kier molecular flexibility index (Phi) is 3.96. The third kappa shape index (κ3) is 3.59. The standard InChI is InChI=1S/C9H14ClN3/c1-3-8(10)6-11-9-4-7(2)5-12-13-9/h4-5,8H,3,6H2,1-2H3,(H,11,13). The zero-order valence-corrected chi connectivity index (χ0v) is 8.67. The topological polar surface area (TPSA) is 37.8 Å². The first-order chi connectivity index (χ1) is 6.22. The van der Waals surface area contributed by atoms with Gasteiger partial charge in [0, 0.05) is 6.54 Å². The van der Waals surface area contributed by atoms with E-state index in [4.69, 9.17) is 11.6 Å². The molecule has 0 saturated carbocycles. The highest BCUT2D eigenvalue weighted by molar-refractivity contribution is 6.20. The lowest BCUT2D eigenvalue weighted by atomic mass is 10.3. The molecule has 4 heteroatoms. The number of halogens is 1. The zero-order valence-electron chi connectivity index (χ0n) is 7.92. The second-order valence-electron chi connectivity index (χ2n) is 3.00. The Morgan fingerprint density at radius 2 is 2.38 bits per heavy atom. The molecule has 1 unspecified atom stereocenters. The summed E-state index contributed by atoms with van der Waals surface area (Å²) in [5, 5.41) is 11.0. The van der Waals surface area contributed by atoms with E-state index in [-0.39, 0.29) is 5.38 Å². The summed E-state index contributed by atoms with van der Waals surface area (Å²) in [6, 6.07) is 1.95. The van der Waals surface area contributed by atoms with Crippen LogP contribution < -0.4 is 5.32 Å². The van der Waals surface area contributed by atoms with Crippen molar-refractivity contribution in [2.45, 2.75) is 25.6 Å². The minimum Gasteiger partial charge on any atom is -0.367 e. The van der Waals surface area contributed by atoms with Gasteiger partial charge in [-0.1, -0.05) is 6.92 Å². The van der Waals surface area contributed by atoms with Gasteiger partial charge in [-0.2, -0.15) is 5.10 Å². The van der Waals surface area contributed by atoms with Gasteiger partial charge in [-0.15, -0.1) is 16.7 Å². The molecule has 0 bridgehead atoms. The highest BCUT2D eigenvalue weighted by Crippen LogP contribution is 2.06.